The van der Waals surface area contributed by atoms with Gasteiger partial charge in [-0.25, -0.2) is 13.1 Å². The molecular formula is C13H20N2O2S. The molecule has 0 atom stereocenters. The zero-order valence-electron chi connectivity index (χ0n) is 10.6. The highest BCUT2D eigenvalue weighted by atomic mass is 32.2. The summed E-state index contributed by atoms with van der Waals surface area (Å²) in [4.78, 5) is 0.336. The number of anilines is 1. The van der Waals surface area contributed by atoms with Crippen molar-refractivity contribution in [3.8, 4) is 0 Å². The van der Waals surface area contributed by atoms with Crippen LogP contribution in [-0.2, 0) is 10.0 Å². The zero-order valence-corrected chi connectivity index (χ0v) is 11.5. The lowest BCUT2D eigenvalue weighted by molar-refractivity contribution is 0.575. The summed E-state index contributed by atoms with van der Waals surface area (Å²) in [6.07, 6.45) is 3.44. The van der Waals surface area contributed by atoms with Crippen molar-refractivity contribution in [2.24, 2.45) is 5.92 Å². The van der Waals surface area contributed by atoms with Crippen molar-refractivity contribution in [2.75, 3.05) is 18.4 Å². The Balaban J connectivity index is 2.06. The molecule has 2 N–H and O–H groups in total. The van der Waals surface area contributed by atoms with Crippen LogP contribution in [0.15, 0.2) is 29.2 Å². The molecule has 0 heterocycles. The van der Waals surface area contributed by atoms with Gasteiger partial charge in [0.15, 0.2) is 0 Å². The van der Waals surface area contributed by atoms with Gasteiger partial charge in [0.05, 0.1) is 5.69 Å². The van der Waals surface area contributed by atoms with Gasteiger partial charge >= 0.3 is 0 Å². The lowest BCUT2D eigenvalue weighted by Gasteiger charge is -2.12. The molecule has 1 saturated carbocycles. The van der Waals surface area contributed by atoms with Crippen LogP contribution >= 0.6 is 0 Å². The molecule has 4 nitrogen and oxygen atoms in total. The fraction of sp³-hybridized carbons (Fsp3) is 0.538. The van der Waals surface area contributed by atoms with Gasteiger partial charge in [-0.05, 0) is 31.4 Å². The Bertz CT molecular complexity index is 495. The summed E-state index contributed by atoms with van der Waals surface area (Å²) in [7, 11) is -3.39. The molecule has 2 rings (SSSR count). The quantitative estimate of drug-likeness (QED) is 0.797. The number of sulfonamides is 1. The third-order valence-corrected chi connectivity index (χ3v) is 4.60. The van der Waals surface area contributed by atoms with Crippen molar-refractivity contribution < 1.29 is 8.42 Å². The molecule has 1 aliphatic rings. The predicted octanol–water partition coefficient (Wildman–Crippen LogP) is 2.20. The van der Waals surface area contributed by atoms with Gasteiger partial charge in [0.25, 0.3) is 0 Å². The van der Waals surface area contributed by atoms with Crippen LogP contribution in [0.25, 0.3) is 0 Å². The van der Waals surface area contributed by atoms with E-state index in [-0.39, 0.29) is 0 Å². The third kappa shape index (κ3) is 3.46. The highest BCUT2D eigenvalue weighted by molar-refractivity contribution is 7.89. The van der Waals surface area contributed by atoms with Crippen molar-refractivity contribution in [1.29, 1.82) is 0 Å². The normalized spacial score (nSPS) is 15.6. The minimum absolute atomic E-state index is 0.336. The largest absolute Gasteiger partial charge is 0.384 e. The first-order valence-electron chi connectivity index (χ1n) is 6.46. The van der Waals surface area contributed by atoms with Crippen LogP contribution in [0.3, 0.4) is 0 Å². The number of rotatable bonds is 7. The van der Waals surface area contributed by atoms with Gasteiger partial charge in [0.1, 0.15) is 4.90 Å². The summed E-state index contributed by atoms with van der Waals surface area (Å²) in [6, 6.07) is 7.01. The van der Waals surface area contributed by atoms with E-state index in [1.165, 1.54) is 12.8 Å². The fourth-order valence-electron chi connectivity index (χ4n) is 1.92. The van der Waals surface area contributed by atoms with E-state index in [4.69, 9.17) is 0 Å². The van der Waals surface area contributed by atoms with Crippen LogP contribution in [0.4, 0.5) is 5.69 Å². The Morgan fingerprint density at radius 3 is 2.67 bits per heavy atom. The molecule has 0 amide bonds. The van der Waals surface area contributed by atoms with Crippen molar-refractivity contribution >= 4 is 15.7 Å². The summed E-state index contributed by atoms with van der Waals surface area (Å²) in [5.74, 6) is 0.733. The van der Waals surface area contributed by atoms with E-state index in [0.717, 1.165) is 12.3 Å². The number of hydrogen-bond acceptors (Lipinski definition) is 3. The summed E-state index contributed by atoms with van der Waals surface area (Å²) in [6.45, 7) is 3.19. The van der Waals surface area contributed by atoms with E-state index in [2.05, 4.69) is 10.0 Å². The maximum atomic E-state index is 12.2. The fourth-order valence-corrected chi connectivity index (χ4v) is 3.15. The average Bonchev–Trinajstić information content (AvgIpc) is 3.14. The molecule has 1 aromatic rings. The number of benzene rings is 1. The molecule has 0 radical (unpaired) electrons. The van der Waals surface area contributed by atoms with E-state index in [0.29, 0.717) is 23.7 Å². The number of nitrogens with one attached hydrogen (secondary N) is 2. The highest BCUT2D eigenvalue weighted by Crippen LogP contribution is 2.32. The SMILES string of the molecule is CCNc1ccccc1S(=O)(=O)NCCC1CC1. The molecule has 0 bridgehead atoms. The number of para-hydroxylation sites is 1. The summed E-state index contributed by atoms with van der Waals surface area (Å²) in [5.41, 5.74) is 0.666. The first kappa shape index (κ1) is 13.4. The van der Waals surface area contributed by atoms with Crippen LogP contribution in [0.5, 0.6) is 0 Å². The number of hydrogen-bond donors (Lipinski definition) is 2. The molecule has 100 valence electrons. The van der Waals surface area contributed by atoms with E-state index in [1.54, 1.807) is 18.2 Å². The van der Waals surface area contributed by atoms with Gasteiger partial charge < -0.3 is 5.32 Å². The second-order valence-corrected chi connectivity index (χ2v) is 6.39. The first-order chi connectivity index (χ1) is 8.63. The summed E-state index contributed by atoms with van der Waals surface area (Å²) < 4.78 is 27.0. The Morgan fingerprint density at radius 1 is 1.28 bits per heavy atom. The monoisotopic (exact) mass is 268 g/mol. The molecular weight excluding hydrogens is 248 g/mol. The van der Waals surface area contributed by atoms with Gasteiger partial charge in [0.2, 0.25) is 10.0 Å². The summed E-state index contributed by atoms with van der Waals surface area (Å²) >= 11 is 0. The third-order valence-electron chi connectivity index (χ3n) is 3.09. The molecule has 0 aromatic heterocycles. The predicted molar refractivity (Wildman–Crippen MR) is 73.1 cm³/mol. The van der Waals surface area contributed by atoms with Crippen LogP contribution < -0.4 is 10.0 Å². The van der Waals surface area contributed by atoms with E-state index < -0.39 is 10.0 Å². The van der Waals surface area contributed by atoms with E-state index in [1.807, 2.05) is 13.0 Å². The second-order valence-electron chi connectivity index (χ2n) is 4.66. The van der Waals surface area contributed by atoms with Gasteiger partial charge in [-0.3, -0.25) is 0 Å². The molecule has 0 spiro atoms. The lowest BCUT2D eigenvalue weighted by atomic mass is 10.3. The Kier molecular flexibility index (Phi) is 4.24. The van der Waals surface area contributed by atoms with Crippen LogP contribution in [0.2, 0.25) is 0 Å². The molecule has 5 heteroatoms. The van der Waals surface area contributed by atoms with Gasteiger partial charge in [-0.2, -0.15) is 0 Å². The van der Waals surface area contributed by atoms with Crippen molar-refractivity contribution in [3.63, 3.8) is 0 Å². The van der Waals surface area contributed by atoms with Gasteiger partial charge in [-0.1, -0.05) is 25.0 Å². The standard InChI is InChI=1S/C13H20N2O2S/c1-2-14-12-5-3-4-6-13(12)18(16,17)15-10-9-11-7-8-11/h3-6,11,14-15H,2,7-10H2,1H3. The van der Waals surface area contributed by atoms with Crippen molar-refractivity contribution in [2.45, 2.75) is 31.1 Å². The molecule has 1 fully saturated rings. The lowest BCUT2D eigenvalue weighted by Crippen LogP contribution is -2.26. The maximum Gasteiger partial charge on any atom is 0.242 e. The topological polar surface area (TPSA) is 58.2 Å². The molecule has 1 aliphatic carbocycles. The van der Waals surface area contributed by atoms with Gasteiger partial charge in [0, 0.05) is 13.1 Å². The minimum atomic E-state index is -3.39. The molecule has 0 unspecified atom stereocenters. The highest BCUT2D eigenvalue weighted by Gasteiger charge is 2.22. The molecule has 0 saturated heterocycles. The molecule has 0 aliphatic heterocycles. The summed E-state index contributed by atoms with van der Waals surface area (Å²) in [5, 5.41) is 3.07. The molecule has 18 heavy (non-hydrogen) atoms. The first-order valence-corrected chi connectivity index (χ1v) is 7.94. The van der Waals surface area contributed by atoms with Crippen LogP contribution in [0.1, 0.15) is 26.2 Å². The van der Waals surface area contributed by atoms with Crippen LogP contribution in [0, 0.1) is 5.92 Å². The Morgan fingerprint density at radius 2 is 2.00 bits per heavy atom. The van der Waals surface area contributed by atoms with Crippen molar-refractivity contribution in [1.82, 2.24) is 4.72 Å². The van der Waals surface area contributed by atoms with Crippen LogP contribution in [-0.4, -0.2) is 21.5 Å². The van der Waals surface area contributed by atoms with E-state index >= 15 is 0 Å². The zero-order chi connectivity index (χ0) is 13.0. The Labute approximate surface area is 109 Å². The van der Waals surface area contributed by atoms with Crippen molar-refractivity contribution in [3.05, 3.63) is 24.3 Å². The smallest absolute Gasteiger partial charge is 0.242 e. The maximum absolute atomic E-state index is 12.2. The minimum Gasteiger partial charge on any atom is -0.384 e. The van der Waals surface area contributed by atoms with E-state index in [9.17, 15) is 8.42 Å². The second kappa shape index (κ2) is 5.71. The Hall–Kier alpha value is -1.07. The average molecular weight is 268 g/mol. The van der Waals surface area contributed by atoms with Gasteiger partial charge in [-0.15, -0.1) is 0 Å². The molecule has 1 aromatic carbocycles.